The number of carbonyl (C=O) groups excluding carboxylic acids is 4. The highest BCUT2D eigenvalue weighted by Crippen LogP contribution is 2.33. The number of thiophene rings is 1. The summed E-state index contributed by atoms with van der Waals surface area (Å²) >= 11 is 0.915. The predicted octanol–water partition coefficient (Wildman–Crippen LogP) is 4.99. The number of esters is 1. The first-order chi connectivity index (χ1) is 16.6. The predicted molar refractivity (Wildman–Crippen MR) is 120 cm³/mol. The maximum atomic E-state index is 13.0. The minimum Gasteiger partial charge on any atom is -0.462 e. The first kappa shape index (κ1) is 24.1. The number of hydrogen-bond donors (Lipinski definition) is 1. The van der Waals surface area contributed by atoms with Crippen LogP contribution in [0, 0.1) is 0 Å². The van der Waals surface area contributed by atoms with Gasteiger partial charge in [-0.15, -0.1) is 11.3 Å². The summed E-state index contributed by atoms with van der Waals surface area (Å²) in [6, 6.07) is 11.6. The highest BCUT2D eigenvalue weighted by Gasteiger charge is 2.36. The van der Waals surface area contributed by atoms with Crippen LogP contribution in [0.2, 0.25) is 0 Å². The number of ether oxygens (including phenoxy) is 1. The van der Waals surface area contributed by atoms with Gasteiger partial charge >= 0.3 is 12.1 Å². The van der Waals surface area contributed by atoms with Crippen LogP contribution < -0.4 is 5.32 Å². The van der Waals surface area contributed by atoms with Crippen molar-refractivity contribution in [1.29, 1.82) is 0 Å². The van der Waals surface area contributed by atoms with E-state index in [0.717, 1.165) is 28.4 Å². The summed E-state index contributed by atoms with van der Waals surface area (Å²) < 4.78 is 44.1. The van der Waals surface area contributed by atoms with E-state index >= 15 is 0 Å². The van der Waals surface area contributed by atoms with Gasteiger partial charge in [0.05, 0.1) is 35.4 Å². The van der Waals surface area contributed by atoms with E-state index in [2.05, 4.69) is 5.32 Å². The molecule has 0 fully saturated rings. The third kappa shape index (κ3) is 4.80. The van der Waals surface area contributed by atoms with Crippen LogP contribution in [0.4, 0.5) is 18.2 Å². The minimum atomic E-state index is -4.63. The van der Waals surface area contributed by atoms with Crippen LogP contribution in [0.15, 0.2) is 54.6 Å². The quantitative estimate of drug-likeness (QED) is 0.379. The number of amides is 3. The minimum absolute atomic E-state index is 0.0254. The Balaban J connectivity index is 1.61. The Morgan fingerprint density at radius 3 is 2.26 bits per heavy atom. The van der Waals surface area contributed by atoms with E-state index in [-0.39, 0.29) is 40.4 Å². The van der Waals surface area contributed by atoms with Crippen LogP contribution in [0.1, 0.15) is 58.8 Å². The molecule has 0 saturated heterocycles. The van der Waals surface area contributed by atoms with Gasteiger partial charge in [-0.2, -0.15) is 13.2 Å². The maximum absolute atomic E-state index is 13.0. The summed E-state index contributed by atoms with van der Waals surface area (Å²) in [7, 11) is 0. The van der Waals surface area contributed by atoms with Crippen LogP contribution in [0.25, 0.3) is 0 Å². The Morgan fingerprint density at radius 2 is 1.66 bits per heavy atom. The monoisotopic (exact) mass is 502 g/mol. The molecule has 35 heavy (non-hydrogen) atoms. The Morgan fingerprint density at radius 1 is 1.00 bits per heavy atom. The molecule has 0 saturated carbocycles. The van der Waals surface area contributed by atoms with Gasteiger partial charge in [-0.3, -0.25) is 19.3 Å². The van der Waals surface area contributed by atoms with Crippen molar-refractivity contribution in [3.8, 4) is 0 Å². The summed E-state index contributed by atoms with van der Waals surface area (Å²) in [5.41, 5.74) is -0.766. The summed E-state index contributed by atoms with van der Waals surface area (Å²) in [5.74, 6) is -2.62. The molecular formula is C24H17F3N2O5S. The lowest BCUT2D eigenvalue weighted by molar-refractivity contribution is -0.137. The van der Waals surface area contributed by atoms with Gasteiger partial charge in [-0.25, -0.2) is 4.79 Å². The number of hydrogen-bond acceptors (Lipinski definition) is 6. The average Bonchev–Trinajstić information content (AvgIpc) is 3.33. The number of halogens is 3. The number of benzene rings is 2. The van der Waals surface area contributed by atoms with Crippen molar-refractivity contribution >= 4 is 40.0 Å². The fourth-order valence-electron chi connectivity index (χ4n) is 3.52. The number of nitrogens with one attached hydrogen (secondary N) is 1. The SMILES string of the molecule is CCOC(=O)c1cc(CN2C(=O)c3ccccc3C2=O)sc1NC(=O)c1cccc(C(F)(F)F)c1. The lowest BCUT2D eigenvalue weighted by Gasteiger charge is -2.12. The Bertz CT molecular complexity index is 1310. The van der Waals surface area contributed by atoms with Gasteiger partial charge in [0, 0.05) is 10.4 Å². The van der Waals surface area contributed by atoms with E-state index in [1.807, 2.05) is 0 Å². The van der Waals surface area contributed by atoms with E-state index in [4.69, 9.17) is 4.74 Å². The second-order valence-electron chi connectivity index (χ2n) is 7.45. The molecule has 1 N–H and O–H groups in total. The molecule has 0 radical (unpaired) electrons. The number of rotatable bonds is 6. The Kier molecular flexibility index (Phi) is 6.44. The number of carbonyl (C=O) groups is 4. The molecule has 1 aliphatic rings. The number of anilines is 1. The smallest absolute Gasteiger partial charge is 0.416 e. The average molecular weight is 502 g/mol. The maximum Gasteiger partial charge on any atom is 0.416 e. The molecule has 7 nitrogen and oxygen atoms in total. The van der Waals surface area contributed by atoms with Crippen molar-refractivity contribution in [2.24, 2.45) is 0 Å². The summed E-state index contributed by atoms with van der Waals surface area (Å²) in [6.07, 6.45) is -4.63. The first-order valence-corrected chi connectivity index (χ1v) is 11.2. The molecule has 11 heteroatoms. The Labute approximate surface area is 201 Å². The molecule has 0 spiro atoms. The zero-order chi connectivity index (χ0) is 25.3. The van der Waals surface area contributed by atoms with Gasteiger partial charge in [0.2, 0.25) is 0 Å². The van der Waals surface area contributed by atoms with Crippen molar-refractivity contribution < 1.29 is 37.1 Å². The fourth-order valence-corrected chi connectivity index (χ4v) is 4.55. The van der Waals surface area contributed by atoms with Crippen molar-refractivity contribution in [1.82, 2.24) is 4.90 Å². The van der Waals surface area contributed by atoms with Gasteiger partial charge in [-0.05, 0) is 43.3 Å². The van der Waals surface area contributed by atoms with Crippen molar-refractivity contribution in [2.75, 3.05) is 11.9 Å². The van der Waals surface area contributed by atoms with Crippen molar-refractivity contribution in [2.45, 2.75) is 19.6 Å². The van der Waals surface area contributed by atoms with Gasteiger partial charge in [0.1, 0.15) is 5.00 Å². The van der Waals surface area contributed by atoms with Crippen LogP contribution in [-0.2, 0) is 17.5 Å². The van der Waals surface area contributed by atoms with Crippen LogP contribution in [-0.4, -0.2) is 35.2 Å². The fraction of sp³-hybridized carbons (Fsp3) is 0.167. The van der Waals surface area contributed by atoms with Gasteiger partial charge in [-0.1, -0.05) is 18.2 Å². The zero-order valence-corrected chi connectivity index (χ0v) is 19.0. The van der Waals surface area contributed by atoms with Gasteiger partial charge in [0.25, 0.3) is 17.7 Å². The normalized spacial score (nSPS) is 13.1. The van der Waals surface area contributed by atoms with E-state index in [1.165, 1.54) is 24.3 Å². The van der Waals surface area contributed by atoms with Crippen molar-refractivity contribution in [3.63, 3.8) is 0 Å². The molecule has 1 aliphatic heterocycles. The lowest BCUT2D eigenvalue weighted by atomic mass is 10.1. The third-order valence-electron chi connectivity index (χ3n) is 5.15. The van der Waals surface area contributed by atoms with Gasteiger partial charge < -0.3 is 10.1 Å². The molecule has 4 rings (SSSR count). The highest BCUT2D eigenvalue weighted by atomic mass is 32.1. The summed E-state index contributed by atoms with van der Waals surface area (Å²) in [6.45, 7) is 1.47. The number of imide groups is 1. The second kappa shape index (κ2) is 9.34. The molecule has 0 bridgehead atoms. The first-order valence-electron chi connectivity index (χ1n) is 10.3. The topological polar surface area (TPSA) is 92.8 Å². The van der Waals surface area contributed by atoms with E-state index in [1.54, 1.807) is 19.1 Å². The third-order valence-corrected chi connectivity index (χ3v) is 6.18. The molecular weight excluding hydrogens is 485 g/mol. The lowest BCUT2D eigenvalue weighted by Crippen LogP contribution is -2.28. The van der Waals surface area contributed by atoms with Crippen LogP contribution in [0.3, 0.4) is 0 Å². The molecule has 2 aromatic carbocycles. The summed E-state index contributed by atoms with van der Waals surface area (Å²) in [4.78, 5) is 51.9. The highest BCUT2D eigenvalue weighted by molar-refractivity contribution is 7.16. The molecule has 3 aromatic rings. The molecule has 3 amide bonds. The standard InChI is InChI=1S/C24H17F3N2O5S/c1-2-34-23(33)18-11-15(12-29-21(31)16-8-3-4-9-17(16)22(29)32)35-20(18)28-19(30)13-6-5-7-14(10-13)24(25,26)27/h3-11H,2,12H2,1H3,(H,28,30). The second-order valence-corrected chi connectivity index (χ2v) is 8.59. The molecule has 180 valence electrons. The van der Waals surface area contributed by atoms with E-state index in [9.17, 15) is 32.3 Å². The van der Waals surface area contributed by atoms with Crippen molar-refractivity contribution in [3.05, 3.63) is 87.3 Å². The number of fused-ring (bicyclic) bond motifs is 1. The van der Waals surface area contributed by atoms with Gasteiger partial charge in [0.15, 0.2) is 0 Å². The van der Waals surface area contributed by atoms with E-state index in [0.29, 0.717) is 10.9 Å². The number of alkyl halides is 3. The molecule has 0 aliphatic carbocycles. The number of nitrogens with zero attached hydrogens (tertiary/aromatic N) is 1. The Hall–Kier alpha value is -3.99. The summed E-state index contributed by atoms with van der Waals surface area (Å²) in [5, 5.41) is 2.48. The zero-order valence-electron chi connectivity index (χ0n) is 18.1. The molecule has 0 atom stereocenters. The van der Waals surface area contributed by atoms with Crippen LogP contribution in [0.5, 0.6) is 0 Å². The largest absolute Gasteiger partial charge is 0.462 e. The molecule has 1 aromatic heterocycles. The molecule has 2 heterocycles. The van der Waals surface area contributed by atoms with E-state index < -0.39 is 35.4 Å². The van der Waals surface area contributed by atoms with Crippen LogP contribution >= 0.6 is 11.3 Å². The molecule has 0 unspecified atom stereocenters.